The van der Waals surface area contributed by atoms with Crippen molar-refractivity contribution >= 4 is 5.91 Å². The van der Waals surface area contributed by atoms with Gasteiger partial charge >= 0.3 is 0 Å². The number of aliphatic hydroxyl groups excluding tert-OH is 1. The van der Waals surface area contributed by atoms with Crippen molar-refractivity contribution in [1.82, 2.24) is 4.90 Å². The van der Waals surface area contributed by atoms with Crippen molar-refractivity contribution in [2.75, 3.05) is 33.9 Å². The van der Waals surface area contributed by atoms with E-state index in [4.69, 9.17) is 9.84 Å². The van der Waals surface area contributed by atoms with Crippen LogP contribution in [0.4, 0.5) is 4.39 Å². The van der Waals surface area contributed by atoms with Gasteiger partial charge in [0.2, 0.25) is 0 Å². The molecule has 0 unspecified atom stereocenters. The van der Waals surface area contributed by atoms with E-state index in [1.807, 2.05) is 0 Å². The van der Waals surface area contributed by atoms with Crippen molar-refractivity contribution in [2.45, 2.75) is 12.8 Å². The van der Waals surface area contributed by atoms with Crippen LogP contribution in [0, 0.1) is 17.7 Å². The maximum absolute atomic E-state index is 13.9. The van der Waals surface area contributed by atoms with Crippen LogP contribution in [0.3, 0.4) is 0 Å². The maximum Gasteiger partial charge on any atom is 0.253 e. The molecule has 114 valence electrons. The standard InChI is InChI=1S/C16H20FNO3/c1-18(9-5-11-21-2)16(20)14-8-7-13(15(17)12-14)6-3-4-10-19/h7-8,12,19H,4-5,9-11H2,1-2H3. The molecule has 0 spiro atoms. The third-order valence-electron chi connectivity index (χ3n) is 2.86. The number of nitrogens with zero attached hydrogens (tertiary/aromatic N) is 1. The summed E-state index contributed by atoms with van der Waals surface area (Å²) in [6.45, 7) is 1.06. The highest BCUT2D eigenvalue weighted by Crippen LogP contribution is 2.11. The lowest BCUT2D eigenvalue weighted by Crippen LogP contribution is -2.28. The number of carbonyl (C=O) groups is 1. The van der Waals surface area contributed by atoms with Gasteiger partial charge in [0.05, 0.1) is 12.2 Å². The summed E-state index contributed by atoms with van der Waals surface area (Å²) in [6, 6.07) is 4.23. The number of methoxy groups -OCH3 is 1. The number of carbonyl (C=O) groups excluding carboxylic acids is 1. The largest absolute Gasteiger partial charge is 0.395 e. The molecule has 0 saturated carbocycles. The lowest BCUT2D eigenvalue weighted by Gasteiger charge is -2.17. The lowest BCUT2D eigenvalue weighted by molar-refractivity contribution is 0.0779. The second-order valence-electron chi connectivity index (χ2n) is 4.54. The van der Waals surface area contributed by atoms with Gasteiger partial charge in [-0.1, -0.05) is 11.8 Å². The lowest BCUT2D eigenvalue weighted by atomic mass is 10.1. The summed E-state index contributed by atoms with van der Waals surface area (Å²) in [7, 11) is 3.28. The zero-order chi connectivity index (χ0) is 15.7. The fourth-order valence-corrected chi connectivity index (χ4v) is 1.73. The minimum atomic E-state index is -0.531. The second kappa shape index (κ2) is 9.11. The smallest absolute Gasteiger partial charge is 0.253 e. The molecule has 0 aliphatic heterocycles. The van der Waals surface area contributed by atoms with E-state index in [2.05, 4.69) is 11.8 Å². The van der Waals surface area contributed by atoms with Gasteiger partial charge in [-0.25, -0.2) is 4.39 Å². The SMILES string of the molecule is COCCCN(C)C(=O)c1ccc(C#CCCO)c(F)c1. The zero-order valence-corrected chi connectivity index (χ0v) is 12.4. The van der Waals surface area contributed by atoms with Gasteiger partial charge in [-0.3, -0.25) is 4.79 Å². The Labute approximate surface area is 124 Å². The van der Waals surface area contributed by atoms with Crippen LogP contribution in [0.1, 0.15) is 28.8 Å². The molecule has 0 aliphatic rings. The molecule has 0 saturated heterocycles. The van der Waals surface area contributed by atoms with Gasteiger partial charge < -0.3 is 14.7 Å². The highest BCUT2D eigenvalue weighted by molar-refractivity contribution is 5.94. The van der Waals surface area contributed by atoms with Crippen molar-refractivity contribution in [3.63, 3.8) is 0 Å². The van der Waals surface area contributed by atoms with E-state index in [0.29, 0.717) is 25.1 Å². The van der Waals surface area contributed by atoms with Crippen LogP contribution >= 0.6 is 0 Å². The molecule has 4 nitrogen and oxygen atoms in total. The summed E-state index contributed by atoms with van der Waals surface area (Å²) in [4.78, 5) is 13.6. The first-order chi connectivity index (χ1) is 10.1. The van der Waals surface area contributed by atoms with E-state index in [9.17, 15) is 9.18 Å². The van der Waals surface area contributed by atoms with Gasteiger partial charge in [0, 0.05) is 39.3 Å². The summed E-state index contributed by atoms with van der Waals surface area (Å²) >= 11 is 0. The predicted octanol–water partition coefficient (Wildman–Crippen LogP) is 1.67. The number of rotatable bonds is 6. The number of aliphatic hydroxyl groups is 1. The highest BCUT2D eigenvalue weighted by atomic mass is 19.1. The Morgan fingerprint density at radius 1 is 1.48 bits per heavy atom. The maximum atomic E-state index is 13.9. The summed E-state index contributed by atoms with van der Waals surface area (Å²) in [5, 5.41) is 8.62. The van der Waals surface area contributed by atoms with Crippen molar-refractivity contribution in [2.24, 2.45) is 0 Å². The van der Waals surface area contributed by atoms with Gasteiger partial charge in [-0.15, -0.1) is 0 Å². The number of benzene rings is 1. The molecule has 0 aromatic heterocycles. The van der Waals surface area contributed by atoms with Gasteiger partial charge in [0.15, 0.2) is 0 Å². The molecule has 0 aliphatic carbocycles. The predicted molar refractivity (Wildman–Crippen MR) is 78.4 cm³/mol. The van der Waals surface area contributed by atoms with Crippen molar-refractivity contribution in [3.05, 3.63) is 35.1 Å². The highest BCUT2D eigenvalue weighted by Gasteiger charge is 2.13. The third kappa shape index (κ3) is 5.54. The van der Waals surface area contributed by atoms with Crippen LogP contribution < -0.4 is 0 Å². The Hall–Kier alpha value is -1.90. The third-order valence-corrected chi connectivity index (χ3v) is 2.86. The minimum absolute atomic E-state index is 0.0581. The number of hydrogen-bond acceptors (Lipinski definition) is 3. The van der Waals surface area contributed by atoms with Crippen LogP contribution in [0.5, 0.6) is 0 Å². The van der Waals surface area contributed by atoms with Crippen molar-refractivity contribution in [1.29, 1.82) is 0 Å². The Morgan fingerprint density at radius 2 is 2.24 bits per heavy atom. The van der Waals surface area contributed by atoms with E-state index in [1.165, 1.54) is 17.0 Å². The second-order valence-corrected chi connectivity index (χ2v) is 4.54. The molecule has 1 aromatic carbocycles. The van der Waals surface area contributed by atoms with Crippen LogP contribution in [0.15, 0.2) is 18.2 Å². The van der Waals surface area contributed by atoms with Crippen LogP contribution in [0.2, 0.25) is 0 Å². The molecule has 5 heteroatoms. The molecule has 21 heavy (non-hydrogen) atoms. The van der Waals surface area contributed by atoms with Crippen molar-refractivity contribution in [3.8, 4) is 11.8 Å². The van der Waals surface area contributed by atoms with E-state index >= 15 is 0 Å². The average Bonchev–Trinajstić information content (AvgIpc) is 2.48. The van der Waals surface area contributed by atoms with Gasteiger partial charge in [-0.2, -0.15) is 0 Å². The topological polar surface area (TPSA) is 49.8 Å². The Bertz CT molecular complexity index is 534. The van der Waals surface area contributed by atoms with E-state index in [-0.39, 0.29) is 18.1 Å². The number of halogens is 1. The van der Waals surface area contributed by atoms with E-state index in [0.717, 1.165) is 6.42 Å². The first-order valence-corrected chi connectivity index (χ1v) is 6.73. The van der Waals surface area contributed by atoms with E-state index in [1.54, 1.807) is 20.2 Å². The monoisotopic (exact) mass is 293 g/mol. The van der Waals surface area contributed by atoms with Crippen molar-refractivity contribution < 1.29 is 19.0 Å². The summed E-state index contributed by atoms with van der Waals surface area (Å²) in [5.74, 6) is 4.51. The molecule has 1 rings (SSSR count). The quantitative estimate of drug-likeness (QED) is 0.641. The van der Waals surface area contributed by atoms with E-state index < -0.39 is 5.82 Å². The Balaban J connectivity index is 2.74. The summed E-state index contributed by atoms with van der Waals surface area (Å²) in [6.07, 6.45) is 1.02. The number of ether oxygens (including phenoxy) is 1. The molecule has 0 bridgehead atoms. The molecular weight excluding hydrogens is 273 g/mol. The summed E-state index contributed by atoms with van der Waals surface area (Å²) in [5.41, 5.74) is 0.516. The molecule has 0 atom stereocenters. The Kier molecular flexibility index (Phi) is 7.44. The number of hydrogen-bond donors (Lipinski definition) is 1. The Morgan fingerprint density at radius 3 is 2.86 bits per heavy atom. The minimum Gasteiger partial charge on any atom is -0.395 e. The molecule has 1 N–H and O–H groups in total. The number of amides is 1. The van der Waals surface area contributed by atoms with Gasteiger partial charge in [0.25, 0.3) is 5.91 Å². The molecule has 0 fully saturated rings. The van der Waals surface area contributed by atoms with Gasteiger partial charge in [0.1, 0.15) is 5.82 Å². The normalized spacial score (nSPS) is 9.90. The summed E-state index contributed by atoms with van der Waals surface area (Å²) < 4.78 is 18.8. The molecule has 1 aromatic rings. The van der Waals surface area contributed by atoms with Crippen LogP contribution in [-0.2, 0) is 4.74 Å². The molecular formula is C16H20FNO3. The van der Waals surface area contributed by atoms with Crippen LogP contribution in [-0.4, -0.2) is 49.8 Å². The fraction of sp³-hybridized carbons (Fsp3) is 0.438. The van der Waals surface area contributed by atoms with Crippen LogP contribution in [0.25, 0.3) is 0 Å². The first kappa shape index (κ1) is 17.2. The zero-order valence-electron chi connectivity index (χ0n) is 12.4. The molecule has 0 heterocycles. The molecule has 0 radical (unpaired) electrons. The first-order valence-electron chi connectivity index (χ1n) is 6.73. The van der Waals surface area contributed by atoms with Gasteiger partial charge in [-0.05, 0) is 24.6 Å². The average molecular weight is 293 g/mol. The fourth-order valence-electron chi connectivity index (χ4n) is 1.73. The molecule has 1 amide bonds.